The molecule has 0 aliphatic carbocycles. The number of thioether (sulfide) groups is 1. The smallest absolute Gasteiger partial charge is 0.270 e. The molecule has 1 aliphatic heterocycles. The number of benzene rings is 2. The number of amides is 1. The van der Waals surface area contributed by atoms with E-state index in [0.29, 0.717) is 19.9 Å². The molecule has 1 saturated heterocycles. The molecule has 2 aromatic carbocycles. The maximum absolute atomic E-state index is 12.6. The summed E-state index contributed by atoms with van der Waals surface area (Å²) in [6.45, 7) is 0. The minimum absolute atomic E-state index is 0.0404. The van der Waals surface area contributed by atoms with E-state index >= 15 is 0 Å². The Balaban J connectivity index is 1.90. The third-order valence-electron chi connectivity index (χ3n) is 3.30. The summed E-state index contributed by atoms with van der Waals surface area (Å²) in [5.41, 5.74) is 1.35. The predicted octanol–water partition coefficient (Wildman–Crippen LogP) is 3.11. The van der Waals surface area contributed by atoms with Gasteiger partial charge in [0.05, 0.1) is 16.6 Å². The summed E-state index contributed by atoms with van der Waals surface area (Å²) in [6.07, 6.45) is 1.72. The van der Waals surface area contributed by atoms with Gasteiger partial charge in [-0.2, -0.15) is 0 Å². The Morgan fingerprint density at radius 1 is 1.21 bits per heavy atom. The normalized spacial score (nSPS) is 16.0. The van der Waals surface area contributed by atoms with Crippen molar-refractivity contribution in [1.82, 2.24) is 0 Å². The standard InChI is InChI=1S/C17H10ClNO3S2/c18-12-3-1-2-10(8-12)9-14-15(20)19(17(23)24-14)13-6-4-11(5-7-13)16(21)22/h1-9H,(H,21,22)/p-1/b14-9+. The molecular formula is C17H9ClNO3S2-. The van der Waals surface area contributed by atoms with Crippen LogP contribution in [0.3, 0.4) is 0 Å². The number of carboxylic acids is 1. The van der Waals surface area contributed by atoms with Crippen LogP contribution in [0, 0.1) is 0 Å². The van der Waals surface area contributed by atoms with E-state index in [1.807, 2.05) is 6.07 Å². The Hall–Kier alpha value is -2.15. The number of carbonyl (C=O) groups excluding carboxylic acids is 2. The van der Waals surface area contributed by atoms with Crippen LogP contribution in [-0.2, 0) is 4.79 Å². The molecule has 1 amide bonds. The van der Waals surface area contributed by atoms with Gasteiger partial charge in [-0.3, -0.25) is 9.69 Å². The molecule has 0 saturated carbocycles. The fraction of sp³-hybridized carbons (Fsp3) is 0. The summed E-state index contributed by atoms with van der Waals surface area (Å²) >= 11 is 12.4. The van der Waals surface area contributed by atoms with Crippen LogP contribution in [-0.4, -0.2) is 16.2 Å². The van der Waals surface area contributed by atoms with E-state index < -0.39 is 5.97 Å². The first-order valence-corrected chi connectivity index (χ1v) is 8.41. The van der Waals surface area contributed by atoms with Crippen LogP contribution in [0.25, 0.3) is 6.08 Å². The van der Waals surface area contributed by atoms with Crippen LogP contribution >= 0.6 is 35.6 Å². The number of thiocarbonyl (C=S) groups is 1. The second-order valence-electron chi connectivity index (χ2n) is 4.91. The molecule has 1 fully saturated rings. The molecule has 0 N–H and O–H groups in total. The van der Waals surface area contributed by atoms with Crippen LogP contribution in [0.4, 0.5) is 5.69 Å². The van der Waals surface area contributed by atoms with Crippen molar-refractivity contribution in [2.45, 2.75) is 0 Å². The molecule has 0 bridgehead atoms. The van der Waals surface area contributed by atoms with Gasteiger partial charge in [-0.15, -0.1) is 0 Å². The molecule has 0 unspecified atom stereocenters. The third kappa shape index (κ3) is 3.36. The van der Waals surface area contributed by atoms with Crippen molar-refractivity contribution < 1.29 is 14.7 Å². The lowest BCUT2D eigenvalue weighted by Crippen LogP contribution is -2.28. The van der Waals surface area contributed by atoms with Gasteiger partial charge in [0.15, 0.2) is 4.32 Å². The molecule has 3 rings (SSSR count). The highest BCUT2D eigenvalue weighted by atomic mass is 35.5. The predicted molar refractivity (Wildman–Crippen MR) is 97.9 cm³/mol. The van der Waals surface area contributed by atoms with Gasteiger partial charge in [0.25, 0.3) is 5.91 Å². The molecule has 1 heterocycles. The summed E-state index contributed by atoms with van der Waals surface area (Å²) in [6, 6.07) is 13.0. The molecule has 1 aliphatic rings. The summed E-state index contributed by atoms with van der Waals surface area (Å²) < 4.78 is 0.384. The maximum Gasteiger partial charge on any atom is 0.270 e. The number of nitrogens with zero attached hydrogens (tertiary/aromatic N) is 1. The van der Waals surface area contributed by atoms with Crippen LogP contribution in [0.5, 0.6) is 0 Å². The fourth-order valence-electron chi connectivity index (χ4n) is 2.18. The zero-order chi connectivity index (χ0) is 17.3. The number of halogens is 1. The van der Waals surface area contributed by atoms with Crippen LogP contribution in [0.2, 0.25) is 5.02 Å². The van der Waals surface area contributed by atoms with Gasteiger partial charge in [0, 0.05) is 5.02 Å². The molecule has 0 spiro atoms. The monoisotopic (exact) mass is 374 g/mol. The topological polar surface area (TPSA) is 60.4 Å². The minimum atomic E-state index is -1.27. The van der Waals surface area contributed by atoms with Crippen molar-refractivity contribution in [3.63, 3.8) is 0 Å². The molecule has 0 atom stereocenters. The zero-order valence-electron chi connectivity index (χ0n) is 12.1. The molecular weight excluding hydrogens is 366 g/mol. The highest BCUT2D eigenvalue weighted by molar-refractivity contribution is 8.27. The van der Waals surface area contributed by atoms with Crippen LogP contribution in [0.1, 0.15) is 15.9 Å². The van der Waals surface area contributed by atoms with Gasteiger partial charge in [0.2, 0.25) is 0 Å². The summed E-state index contributed by atoms with van der Waals surface area (Å²) in [7, 11) is 0. The second kappa shape index (κ2) is 6.76. The Bertz CT molecular complexity index is 878. The Morgan fingerprint density at radius 2 is 1.92 bits per heavy atom. The highest BCUT2D eigenvalue weighted by Crippen LogP contribution is 2.36. The maximum atomic E-state index is 12.6. The number of rotatable bonds is 3. The van der Waals surface area contributed by atoms with Crippen LogP contribution < -0.4 is 10.0 Å². The first-order valence-electron chi connectivity index (χ1n) is 6.80. The van der Waals surface area contributed by atoms with Gasteiger partial charge >= 0.3 is 0 Å². The van der Waals surface area contributed by atoms with E-state index in [9.17, 15) is 14.7 Å². The number of aromatic carboxylic acids is 1. The van der Waals surface area contributed by atoms with E-state index in [0.717, 1.165) is 5.56 Å². The lowest BCUT2D eigenvalue weighted by atomic mass is 10.2. The first kappa shape index (κ1) is 16.7. The number of hydrogen-bond donors (Lipinski definition) is 0. The van der Waals surface area contributed by atoms with E-state index in [1.54, 1.807) is 24.3 Å². The molecule has 2 aromatic rings. The van der Waals surface area contributed by atoms with Crippen molar-refractivity contribution in [1.29, 1.82) is 0 Å². The lowest BCUT2D eigenvalue weighted by molar-refractivity contribution is -0.255. The van der Waals surface area contributed by atoms with Crippen molar-refractivity contribution in [3.05, 3.63) is 69.6 Å². The van der Waals surface area contributed by atoms with E-state index in [-0.39, 0.29) is 11.5 Å². The number of anilines is 1. The van der Waals surface area contributed by atoms with E-state index in [1.165, 1.54) is 40.9 Å². The Labute approximate surface area is 152 Å². The van der Waals surface area contributed by atoms with E-state index in [4.69, 9.17) is 23.8 Å². The molecule has 24 heavy (non-hydrogen) atoms. The minimum Gasteiger partial charge on any atom is -0.545 e. The SMILES string of the molecule is O=C([O-])c1ccc(N2C(=O)/C(=C\c3cccc(Cl)c3)SC2=S)cc1. The van der Waals surface area contributed by atoms with Crippen molar-refractivity contribution in [2.24, 2.45) is 0 Å². The highest BCUT2D eigenvalue weighted by Gasteiger charge is 2.33. The fourth-order valence-corrected chi connectivity index (χ4v) is 3.68. The number of hydrogen-bond acceptors (Lipinski definition) is 5. The van der Waals surface area contributed by atoms with Gasteiger partial charge < -0.3 is 9.90 Å². The summed E-state index contributed by atoms with van der Waals surface area (Å²) in [5.74, 6) is -1.53. The van der Waals surface area contributed by atoms with Crippen molar-refractivity contribution in [3.8, 4) is 0 Å². The zero-order valence-corrected chi connectivity index (χ0v) is 14.5. The van der Waals surface area contributed by atoms with Crippen molar-refractivity contribution in [2.75, 3.05) is 4.90 Å². The van der Waals surface area contributed by atoms with Gasteiger partial charge in [-0.1, -0.05) is 59.8 Å². The second-order valence-corrected chi connectivity index (χ2v) is 7.02. The van der Waals surface area contributed by atoms with Crippen molar-refractivity contribution >= 4 is 63.5 Å². The van der Waals surface area contributed by atoms with Gasteiger partial charge in [-0.05, 0) is 41.5 Å². The van der Waals surface area contributed by atoms with Crippen LogP contribution in [0.15, 0.2) is 53.4 Å². The Kier molecular flexibility index (Phi) is 4.71. The first-order chi connectivity index (χ1) is 11.5. The largest absolute Gasteiger partial charge is 0.545 e. The third-order valence-corrected chi connectivity index (χ3v) is 4.84. The average Bonchev–Trinajstić information content (AvgIpc) is 2.81. The molecule has 4 nitrogen and oxygen atoms in total. The average molecular weight is 375 g/mol. The molecule has 0 aromatic heterocycles. The van der Waals surface area contributed by atoms with Gasteiger partial charge in [-0.25, -0.2) is 0 Å². The van der Waals surface area contributed by atoms with E-state index in [2.05, 4.69) is 0 Å². The number of carboxylic acid groups (broad SMARTS) is 1. The lowest BCUT2D eigenvalue weighted by Gasteiger charge is -2.15. The summed E-state index contributed by atoms with van der Waals surface area (Å²) in [5, 5.41) is 11.4. The number of carbonyl (C=O) groups is 2. The van der Waals surface area contributed by atoms with Gasteiger partial charge in [0.1, 0.15) is 0 Å². The molecule has 7 heteroatoms. The summed E-state index contributed by atoms with van der Waals surface area (Å²) in [4.78, 5) is 25.3. The Morgan fingerprint density at radius 3 is 2.54 bits per heavy atom. The molecule has 0 radical (unpaired) electrons. The quantitative estimate of drug-likeness (QED) is 0.610. The molecule has 120 valence electrons.